The van der Waals surface area contributed by atoms with Crippen molar-refractivity contribution in [1.29, 1.82) is 0 Å². The van der Waals surface area contributed by atoms with Crippen LogP contribution in [0.2, 0.25) is 0 Å². The lowest BCUT2D eigenvalue weighted by atomic mass is 9.92. The number of rotatable bonds is 5. The van der Waals surface area contributed by atoms with E-state index in [1.165, 1.54) is 6.20 Å². The fourth-order valence-electron chi connectivity index (χ4n) is 3.80. The van der Waals surface area contributed by atoms with Gasteiger partial charge in [0, 0.05) is 25.7 Å². The number of aromatic amines is 1. The van der Waals surface area contributed by atoms with Crippen molar-refractivity contribution in [3.8, 4) is 0 Å². The van der Waals surface area contributed by atoms with E-state index in [1.54, 1.807) is 4.68 Å². The van der Waals surface area contributed by atoms with E-state index in [4.69, 9.17) is 0 Å². The van der Waals surface area contributed by atoms with Gasteiger partial charge < -0.3 is 9.78 Å². The Morgan fingerprint density at radius 1 is 1.21 bits per heavy atom. The second kappa shape index (κ2) is 7.26. The highest BCUT2D eigenvalue weighted by molar-refractivity contribution is 5.73. The van der Waals surface area contributed by atoms with Gasteiger partial charge in [-0.05, 0) is 24.0 Å². The first kappa shape index (κ1) is 18.5. The number of halogens is 2. The maximum atomic E-state index is 13.5. The monoisotopic (exact) mass is 386 g/mol. The zero-order valence-corrected chi connectivity index (χ0v) is 15.2. The molecular weight excluding hydrogens is 366 g/mol. The van der Waals surface area contributed by atoms with Crippen LogP contribution in [0.4, 0.5) is 8.78 Å². The number of benzene rings is 1. The summed E-state index contributed by atoms with van der Waals surface area (Å²) in [5.41, 5.74) is 1.89. The van der Waals surface area contributed by atoms with Gasteiger partial charge in [0.1, 0.15) is 17.5 Å². The largest absolute Gasteiger partial charge is 0.310 e. The molecule has 8 heteroatoms. The molecule has 1 saturated carbocycles. The average Bonchev–Trinajstić information content (AvgIpc) is 3.08. The number of aromatic nitrogens is 4. The summed E-state index contributed by atoms with van der Waals surface area (Å²) >= 11 is 0. The predicted octanol–water partition coefficient (Wildman–Crippen LogP) is 3.20. The van der Waals surface area contributed by atoms with Crippen LogP contribution in [0.3, 0.4) is 0 Å². The Kier molecular flexibility index (Phi) is 4.78. The van der Waals surface area contributed by atoms with Crippen molar-refractivity contribution in [2.24, 2.45) is 0 Å². The molecule has 1 aliphatic carbocycles. The zero-order valence-electron chi connectivity index (χ0n) is 15.2. The van der Waals surface area contributed by atoms with Gasteiger partial charge in [0.2, 0.25) is 5.92 Å². The number of carbonyl (C=O) groups is 1. The van der Waals surface area contributed by atoms with Gasteiger partial charge in [-0.15, -0.1) is 0 Å². The van der Waals surface area contributed by atoms with Crippen molar-refractivity contribution < 1.29 is 13.6 Å². The van der Waals surface area contributed by atoms with Gasteiger partial charge in [0.05, 0.1) is 12.2 Å². The van der Waals surface area contributed by atoms with Crippen LogP contribution in [-0.4, -0.2) is 32.0 Å². The van der Waals surface area contributed by atoms with E-state index in [0.29, 0.717) is 36.1 Å². The molecule has 6 nitrogen and oxygen atoms in total. The summed E-state index contributed by atoms with van der Waals surface area (Å²) < 4.78 is 28.6. The van der Waals surface area contributed by atoms with Gasteiger partial charge in [-0.3, -0.25) is 4.79 Å². The van der Waals surface area contributed by atoms with Gasteiger partial charge >= 0.3 is 0 Å². The molecule has 0 amide bonds. The molecule has 1 aliphatic rings. The van der Waals surface area contributed by atoms with Crippen LogP contribution >= 0.6 is 0 Å². The second-order valence-electron chi connectivity index (χ2n) is 7.24. The number of carbonyl (C=O) groups excluding carboxylic acids is 1. The van der Waals surface area contributed by atoms with Crippen molar-refractivity contribution in [3.63, 3.8) is 0 Å². The van der Waals surface area contributed by atoms with Crippen LogP contribution in [0.1, 0.15) is 48.7 Å². The minimum Gasteiger partial charge on any atom is -0.310 e. The lowest BCUT2D eigenvalue weighted by Crippen LogP contribution is -2.27. The standard InChI is InChI=1S/C20H20F2N4O2/c21-20(22)8-5-15(6-9-20)26-18-16(12-23-26)19(28)25-17(24-18)11-14-4-2-1-3-13(14)7-10-27/h1-4,10,12,15H,5-9,11H2,(H,24,25,28). The van der Waals surface area contributed by atoms with Crippen molar-refractivity contribution in [2.75, 3.05) is 0 Å². The summed E-state index contributed by atoms with van der Waals surface area (Å²) in [6, 6.07) is 7.29. The van der Waals surface area contributed by atoms with E-state index < -0.39 is 5.92 Å². The first-order valence-electron chi connectivity index (χ1n) is 9.31. The van der Waals surface area contributed by atoms with E-state index in [1.807, 2.05) is 24.3 Å². The molecule has 2 heterocycles. The summed E-state index contributed by atoms with van der Waals surface area (Å²) in [6.45, 7) is 0. The number of nitrogens with one attached hydrogen (secondary N) is 1. The average molecular weight is 386 g/mol. The Morgan fingerprint density at radius 3 is 2.64 bits per heavy atom. The number of fused-ring (bicyclic) bond motifs is 1. The van der Waals surface area contributed by atoms with E-state index >= 15 is 0 Å². The summed E-state index contributed by atoms with van der Waals surface area (Å²) in [5, 5.41) is 4.61. The fraction of sp³-hybridized carbons (Fsp3) is 0.400. The summed E-state index contributed by atoms with van der Waals surface area (Å²) in [6.07, 6.45) is 3.16. The number of alkyl halides is 2. The molecule has 28 heavy (non-hydrogen) atoms. The Bertz CT molecular complexity index is 1060. The van der Waals surface area contributed by atoms with Crippen LogP contribution in [0.25, 0.3) is 11.0 Å². The number of hydrogen-bond donors (Lipinski definition) is 1. The summed E-state index contributed by atoms with van der Waals surface area (Å²) in [4.78, 5) is 30.7. The van der Waals surface area contributed by atoms with E-state index in [0.717, 1.165) is 17.4 Å². The van der Waals surface area contributed by atoms with Crippen LogP contribution < -0.4 is 5.56 Å². The Hall–Kier alpha value is -2.90. The number of H-pyrrole nitrogens is 1. The fourth-order valence-corrected chi connectivity index (χ4v) is 3.80. The Balaban J connectivity index is 1.68. The molecule has 0 spiro atoms. The number of nitrogens with zero attached hydrogens (tertiary/aromatic N) is 3. The van der Waals surface area contributed by atoms with E-state index in [-0.39, 0.29) is 30.9 Å². The molecule has 4 rings (SSSR count). The molecule has 3 aromatic rings. The van der Waals surface area contributed by atoms with Crippen molar-refractivity contribution in [3.05, 3.63) is 57.8 Å². The maximum Gasteiger partial charge on any atom is 0.262 e. The van der Waals surface area contributed by atoms with E-state index in [9.17, 15) is 18.4 Å². The molecule has 0 unspecified atom stereocenters. The molecule has 0 radical (unpaired) electrons. The molecule has 0 aliphatic heterocycles. The lowest BCUT2D eigenvalue weighted by Gasteiger charge is -2.28. The third-order valence-corrected chi connectivity index (χ3v) is 5.32. The second-order valence-corrected chi connectivity index (χ2v) is 7.24. The topological polar surface area (TPSA) is 80.6 Å². The molecule has 0 bridgehead atoms. The zero-order chi connectivity index (χ0) is 19.7. The van der Waals surface area contributed by atoms with Crippen LogP contribution in [-0.2, 0) is 17.6 Å². The minimum atomic E-state index is -2.63. The smallest absolute Gasteiger partial charge is 0.262 e. The van der Waals surface area contributed by atoms with Crippen molar-refractivity contribution in [1.82, 2.24) is 19.7 Å². The van der Waals surface area contributed by atoms with Gasteiger partial charge in [0.25, 0.3) is 5.56 Å². The third kappa shape index (κ3) is 3.58. The Morgan fingerprint density at radius 2 is 1.93 bits per heavy atom. The first-order valence-corrected chi connectivity index (χ1v) is 9.31. The SMILES string of the molecule is O=CCc1ccccc1Cc1nc2c(cnn2C2CCC(F)(F)CC2)c(=O)[nH]1. The minimum absolute atomic E-state index is 0.186. The van der Waals surface area contributed by atoms with Gasteiger partial charge in [-0.25, -0.2) is 18.4 Å². The number of hydrogen-bond acceptors (Lipinski definition) is 4. The molecule has 146 valence electrons. The number of aldehydes is 1. The highest BCUT2D eigenvalue weighted by Gasteiger charge is 2.36. The first-order chi connectivity index (χ1) is 13.5. The Labute approximate surface area is 159 Å². The quantitative estimate of drug-likeness (QED) is 0.683. The molecule has 1 fully saturated rings. The summed E-state index contributed by atoms with van der Waals surface area (Å²) in [5.74, 6) is -2.17. The highest BCUT2D eigenvalue weighted by atomic mass is 19.3. The van der Waals surface area contributed by atoms with Gasteiger partial charge in [-0.2, -0.15) is 5.10 Å². The molecule has 1 N–H and O–H groups in total. The molecule has 1 aromatic carbocycles. The van der Waals surface area contributed by atoms with E-state index in [2.05, 4.69) is 15.1 Å². The molecule has 0 saturated heterocycles. The van der Waals surface area contributed by atoms with Crippen LogP contribution in [0.15, 0.2) is 35.3 Å². The molecule has 0 atom stereocenters. The molecule has 2 aromatic heterocycles. The van der Waals surface area contributed by atoms with Gasteiger partial charge in [-0.1, -0.05) is 24.3 Å². The van der Waals surface area contributed by atoms with Crippen molar-refractivity contribution >= 4 is 17.3 Å². The predicted molar refractivity (Wildman–Crippen MR) is 99.6 cm³/mol. The lowest BCUT2D eigenvalue weighted by molar-refractivity contribution is -0.107. The summed E-state index contributed by atoms with van der Waals surface area (Å²) in [7, 11) is 0. The normalized spacial score (nSPS) is 17.1. The van der Waals surface area contributed by atoms with Crippen LogP contribution in [0, 0.1) is 0 Å². The van der Waals surface area contributed by atoms with Gasteiger partial charge in [0.15, 0.2) is 5.65 Å². The maximum absolute atomic E-state index is 13.5. The third-order valence-electron chi connectivity index (χ3n) is 5.32. The highest BCUT2D eigenvalue weighted by Crippen LogP contribution is 2.38. The molecular formula is C20H20F2N4O2. The van der Waals surface area contributed by atoms with Crippen molar-refractivity contribution in [2.45, 2.75) is 50.5 Å². The van der Waals surface area contributed by atoms with Crippen LogP contribution in [0.5, 0.6) is 0 Å².